The monoisotopic (exact) mass is 419 g/mol. The molecule has 0 saturated carbocycles. The third-order valence-corrected chi connectivity index (χ3v) is 6.50. The van der Waals surface area contributed by atoms with Crippen LogP contribution in [0, 0.1) is 6.92 Å². The summed E-state index contributed by atoms with van der Waals surface area (Å²) in [6.07, 6.45) is 0.361. The molecule has 0 aliphatic heterocycles. The minimum absolute atomic E-state index is 0.0927. The lowest BCUT2D eigenvalue weighted by Gasteiger charge is -2.20. The number of amides is 1. The molecule has 0 spiro atoms. The fourth-order valence-electron chi connectivity index (χ4n) is 2.66. The van der Waals surface area contributed by atoms with Gasteiger partial charge in [-0.3, -0.25) is 4.79 Å². The van der Waals surface area contributed by atoms with Gasteiger partial charge in [-0.2, -0.15) is 4.31 Å². The van der Waals surface area contributed by atoms with Crippen molar-refractivity contribution in [3.05, 3.63) is 53.9 Å². The minimum Gasteiger partial charge on any atom is -0.448 e. The number of pyridine rings is 1. The van der Waals surface area contributed by atoms with Crippen LogP contribution in [0.1, 0.15) is 36.8 Å². The Morgan fingerprint density at radius 2 is 1.86 bits per heavy atom. The van der Waals surface area contributed by atoms with E-state index in [9.17, 15) is 18.0 Å². The first-order chi connectivity index (χ1) is 13.7. The number of hydrogen-bond donors (Lipinski definition) is 1. The molecule has 1 amide bonds. The molecule has 1 N–H and O–H groups in total. The molecule has 0 bridgehead atoms. The van der Waals surface area contributed by atoms with E-state index in [4.69, 9.17) is 4.74 Å². The first-order valence-electron chi connectivity index (χ1n) is 9.24. The highest BCUT2D eigenvalue weighted by molar-refractivity contribution is 7.89. The number of ether oxygens (including phenoxy) is 1. The average Bonchev–Trinajstić information content (AvgIpc) is 2.70. The van der Waals surface area contributed by atoms with Gasteiger partial charge < -0.3 is 10.1 Å². The van der Waals surface area contributed by atoms with Gasteiger partial charge in [-0.1, -0.05) is 26.0 Å². The van der Waals surface area contributed by atoms with E-state index in [-0.39, 0.29) is 10.6 Å². The molecular weight excluding hydrogens is 394 g/mol. The Labute approximate surface area is 170 Å². The summed E-state index contributed by atoms with van der Waals surface area (Å²) < 4.78 is 32.1. The first-order valence-corrected chi connectivity index (χ1v) is 10.7. The number of benzene rings is 1. The fourth-order valence-corrected chi connectivity index (χ4v) is 4.37. The molecule has 0 aliphatic carbocycles. The minimum atomic E-state index is -3.68. The third-order valence-electron chi connectivity index (χ3n) is 4.31. The number of carbonyl (C=O) groups excluding carboxylic acids is 2. The van der Waals surface area contributed by atoms with Gasteiger partial charge in [-0.15, -0.1) is 0 Å². The Bertz CT molecular complexity index is 973. The molecule has 1 aromatic carbocycles. The SMILES string of the molecule is CCN(CC)S(=O)(=O)c1cc(NC(=O)[C@H](C)OC(=O)c2ccccn2)ccc1C. The average molecular weight is 420 g/mol. The Hall–Kier alpha value is -2.78. The number of sulfonamides is 1. The third kappa shape index (κ3) is 5.39. The Morgan fingerprint density at radius 1 is 1.17 bits per heavy atom. The van der Waals surface area contributed by atoms with Crippen LogP contribution in [0.25, 0.3) is 0 Å². The van der Waals surface area contributed by atoms with Crippen molar-refractivity contribution in [2.45, 2.75) is 38.7 Å². The highest BCUT2D eigenvalue weighted by Crippen LogP contribution is 2.24. The predicted octanol–water partition coefficient (Wildman–Crippen LogP) is 2.60. The molecule has 0 unspecified atom stereocenters. The maximum Gasteiger partial charge on any atom is 0.357 e. The largest absolute Gasteiger partial charge is 0.448 e. The van der Waals surface area contributed by atoms with Gasteiger partial charge in [0.15, 0.2) is 6.10 Å². The summed E-state index contributed by atoms with van der Waals surface area (Å²) in [6, 6.07) is 9.41. The number of aromatic nitrogens is 1. The number of hydrogen-bond acceptors (Lipinski definition) is 6. The van der Waals surface area contributed by atoms with Crippen LogP contribution in [-0.4, -0.2) is 48.8 Å². The zero-order chi connectivity index (χ0) is 21.6. The molecule has 29 heavy (non-hydrogen) atoms. The van der Waals surface area contributed by atoms with E-state index < -0.39 is 28.0 Å². The Kier molecular flexibility index (Phi) is 7.46. The highest BCUT2D eigenvalue weighted by Gasteiger charge is 2.25. The molecule has 1 heterocycles. The second-order valence-corrected chi connectivity index (χ2v) is 8.23. The van der Waals surface area contributed by atoms with E-state index in [0.29, 0.717) is 24.3 Å². The summed E-state index contributed by atoms with van der Waals surface area (Å²) in [5, 5.41) is 2.59. The summed E-state index contributed by atoms with van der Waals surface area (Å²) in [5.41, 5.74) is 0.965. The van der Waals surface area contributed by atoms with Gasteiger partial charge in [0.05, 0.1) is 4.90 Å². The van der Waals surface area contributed by atoms with Gasteiger partial charge in [0.2, 0.25) is 10.0 Å². The van der Waals surface area contributed by atoms with Gasteiger partial charge in [0.25, 0.3) is 5.91 Å². The normalized spacial score (nSPS) is 12.4. The van der Waals surface area contributed by atoms with Gasteiger partial charge in [0.1, 0.15) is 5.69 Å². The van der Waals surface area contributed by atoms with Gasteiger partial charge in [-0.05, 0) is 43.7 Å². The van der Waals surface area contributed by atoms with Gasteiger partial charge in [-0.25, -0.2) is 18.2 Å². The molecule has 0 saturated heterocycles. The predicted molar refractivity (Wildman–Crippen MR) is 109 cm³/mol. The van der Waals surface area contributed by atoms with Crippen molar-refractivity contribution in [2.75, 3.05) is 18.4 Å². The lowest BCUT2D eigenvalue weighted by atomic mass is 10.2. The van der Waals surface area contributed by atoms with Gasteiger partial charge in [0, 0.05) is 25.0 Å². The molecule has 1 aromatic heterocycles. The number of aryl methyl sites for hydroxylation is 1. The molecule has 2 rings (SSSR count). The van der Waals surface area contributed by atoms with Crippen molar-refractivity contribution in [2.24, 2.45) is 0 Å². The summed E-state index contributed by atoms with van der Waals surface area (Å²) in [4.78, 5) is 28.4. The van der Waals surface area contributed by atoms with E-state index in [1.54, 1.807) is 45.0 Å². The van der Waals surface area contributed by atoms with Crippen LogP contribution in [0.3, 0.4) is 0 Å². The molecule has 0 aliphatic rings. The van der Waals surface area contributed by atoms with E-state index in [1.807, 2.05) is 0 Å². The van der Waals surface area contributed by atoms with Crippen LogP contribution in [0.5, 0.6) is 0 Å². The quantitative estimate of drug-likeness (QED) is 0.660. The first kappa shape index (κ1) is 22.5. The van der Waals surface area contributed by atoms with E-state index >= 15 is 0 Å². The van der Waals surface area contributed by atoms with Crippen molar-refractivity contribution in [1.82, 2.24) is 9.29 Å². The van der Waals surface area contributed by atoms with Crippen LogP contribution < -0.4 is 5.32 Å². The number of carbonyl (C=O) groups is 2. The van der Waals surface area contributed by atoms with Crippen LogP contribution >= 0.6 is 0 Å². The summed E-state index contributed by atoms with van der Waals surface area (Å²) in [6.45, 7) is 7.33. The molecule has 2 aromatic rings. The van der Waals surface area contributed by atoms with E-state index in [0.717, 1.165) is 0 Å². The molecule has 0 radical (unpaired) electrons. The molecular formula is C20H25N3O5S. The smallest absolute Gasteiger partial charge is 0.357 e. The number of nitrogens with zero attached hydrogens (tertiary/aromatic N) is 2. The lowest BCUT2D eigenvalue weighted by Crippen LogP contribution is -2.32. The zero-order valence-electron chi connectivity index (χ0n) is 16.9. The van der Waals surface area contributed by atoms with Crippen LogP contribution in [0.15, 0.2) is 47.5 Å². The summed E-state index contributed by atoms with van der Waals surface area (Å²) >= 11 is 0. The molecule has 0 fully saturated rings. The Balaban J connectivity index is 2.15. The molecule has 156 valence electrons. The van der Waals surface area contributed by atoms with Gasteiger partial charge >= 0.3 is 5.97 Å². The topological polar surface area (TPSA) is 106 Å². The van der Waals surface area contributed by atoms with Crippen LogP contribution in [-0.2, 0) is 19.6 Å². The van der Waals surface area contributed by atoms with Crippen molar-refractivity contribution in [3.63, 3.8) is 0 Å². The Morgan fingerprint density at radius 3 is 2.45 bits per heavy atom. The fraction of sp³-hybridized carbons (Fsp3) is 0.350. The standard InChI is InChI=1S/C20H25N3O5S/c1-5-23(6-2)29(26,27)18-13-16(11-10-14(18)3)22-19(24)15(4)28-20(25)17-9-7-8-12-21-17/h7-13,15H,5-6H2,1-4H3,(H,22,24)/t15-/m0/s1. The summed E-state index contributed by atoms with van der Waals surface area (Å²) in [5.74, 6) is -1.30. The maximum atomic E-state index is 12.8. The number of anilines is 1. The van der Waals surface area contributed by atoms with E-state index in [2.05, 4.69) is 10.3 Å². The van der Waals surface area contributed by atoms with Crippen molar-refractivity contribution in [1.29, 1.82) is 0 Å². The second kappa shape index (κ2) is 9.62. The van der Waals surface area contributed by atoms with Crippen molar-refractivity contribution < 1.29 is 22.7 Å². The molecule has 9 heteroatoms. The van der Waals surface area contributed by atoms with Crippen molar-refractivity contribution >= 4 is 27.6 Å². The number of nitrogens with one attached hydrogen (secondary N) is 1. The zero-order valence-corrected chi connectivity index (χ0v) is 17.7. The second-order valence-electron chi connectivity index (χ2n) is 6.32. The molecule has 8 nitrogen and oxygen atoms in total. The molecule has 1 atom stereocenters. The highest BCUT2D eigenvalue weighted by atomic mass is 32.2. The van der Waals surface area contributed by atoms with E-state index in [1.165, 1.54) is 29.6 Å². The van der Waals surface area contributed by atoms with Crippen LogP contribution in [0.2, 0.25) is 0 Å². The lowest BCUT2D eigenvalue weighted by molar-refractivity contribution is -0.123. The summed E-state index contributed by atoms with van der Waals surface area (Å²) in [7, 11) is -3.68. The van der Waals surface area contributed by atoms with Crippen LogP contribution in [0.4, 0.5) is 5.69 Å². The van der Waals surface area contributed by atoms with Crippen molar-refractivity contribution in [3.8, 4) is 0 Å². The number of rotatable bonds is 8. The number of esters is 1. The maximum absolute atomic E-state index is 12.8.